The highest BCUT2D eigenvalue weighted by molar-refractivity contribution is 7.90. The molecule has 0 aromatic carbocycles. The van der Waals surface area contributed by atoms with Gasteiger partial charge in [-0.25, -0.2) is 33.3 Å². The predicted molar refractivity (Wildman–Crippen MR) is 135 cm³/mol. The minimum absolute atomic E-state index is 0.00767. The summed E-state index contributed by atoms with van der Waals surface area (Å²) in [7, 11) is -3.45. The van der Waals surface area contributed by atoms with Crippen molar-refractivity contribution in [2.24, 2.45) is 0 Å². The minimum atomic E-state index is -4.76. The summed E-state index contributed by atoms with van der Waals surface area (Å²) in [6, 6.07) is 0.554. The molecule has 1 N–H and O–H groups in total. The van der Waals surface area contributed by atoms with Gasteiger partial charge in [0, 0.05) is 18.4 Å². The fraction of sp³-hybridized carbons (Fsp3) is 0.375. The van der Waals surface area contributed by atoms with E-state index in [0.717, 1.165) is 37.9 Å². The molecule has 1 fully saturated rings. The molecule has 1 aliphatic rings. The summed E-state index contributed by atoms with van der Waals surface area (Å²) in [6.45, 7) is 2.51. The highest BCUT2D eigenvalue weighted by atomic mass is 32.2. The normalized spacial score (nSPS) is 14.9. The van der Waals surface area contributed by atoms with Crippen molar-refractivity contribution in [3.05, 3.63) is 58.3 Å². The summed E-state index contributed by atoms with van der Waals surface area (Å²) in [5, 5.41) is 2.71. The van der Waals surface area contributed by atoms with E-state index in [2.05, 4.69) is 35.2 Å². The molecule has 5 rings (SSSR count). The van der Waals surface area contributed by atoms with Crippen LogP contribution >= 0.6 is 0 Å². The van der Waals surface area contributed by atoms with E-state index >= 15 is 0 Å². The van der Waals surface area contributed by atoms with Crippen LogP contribution in [0.2, 0.25) is 0 Å². The highest BCUT2D eigenvalue weighted by Gasteiger charge is 2.40. The summed E-state index contributed by atoms with van der Waals surface area (Å²) in [5.41, 5.74) is 0.836. The third-order valence-electron chi connectivity index (χ3n) is 6.41. The molecule has 11 nitrogen and oxygen atoms in total. The van der Waals surface area contributed by atoms with Gasteiger partial charge in [-0.3, -0.25) is 14.3 Å². The van der Waals surface area contributed by atoms with Crippen molar-refractivity contribution in [1.29, 1.82) is 0 Å². The van der Waals surface area contributed by atoms with Crippen LogP contribution in [0.4, 0.5) is 19.0 Å². The number of fused-ring (bicyclic) bond motifs is 1. The maximum atomic E-state index is 13.9. The quantitative estimate of drug-likeness (QED) is 0.357. The lowest BCUT2D eigenvalue weighted by Gasteiger charge is -2.21. The maximum absolute atomic E-state index is 13.9. The predicted octanol–water partition coefficient (Wildman–Crippen LogP) is 3.36. The van der Waals surface area contributed by atoms with Gasteiger partial charge < -0.3 is 5.32 Å². The number of aryl methyl sites for hydroxylation is 1. The molecule has 0 radical (unpaired) electrons. The number of rotatable bonds is 7. The van der Waals surface area contributed by atoms with Crippen LogP contribution in [0, 0.1) is 6.92 Å². The molecule has 39 heavy (non-hydrogen) atoms. The Labute approximate surface area is 220 Å². The first-order valence-corrected chi connectivity index (χ1v) is 13.8. The molecule has 1 atom stereocenters. The van der Waals surface area contributed by atoms with Crippen LogP contribution in [0.3, 0.4) is 0 Å². The lowest BCUT2D eigenvalue weighted by Crippen LogP contribution is -2.35. The molecule has 0 saturated heterocycles. The van der Waals surface area contributed by atoms with Crippen molar-refractivity contribution >= 4 is 26.8 Å². The molecule has 0 spiro atoms. The average molecular weight is 561 g/mol. The van der Waals surface area contributed by atoms with E-state index in [1.165, 1.54) is 24.7 Å². The summed E-state index contributed by atoms with van der Waals surface area (Å²) < 4.78 is 65.5. The first-order chi connectivity index (χ1) is 18.3. The highest BCUT2D eigenvalue weighted by Crippen LogP contribution is 2.43. The summed E-state index contributed by atoms with van der Waals surface area (Å²) >= 11 is 0. The molecule has 1 aliphatic carbocycles. The zero-order valence-corrected chi connectivity index (χ0v) is 21.9. The Balaban J connectivity index is 1.59. The molecule has 15 heteroatoms. The van der Waals surface area contributed by atoms with E-state index in [9.17, 15) is 26.4 Å². The number of nitrogens with zero attached hydrogens (tertiary/aromatic N) is 7. The second kappa shape index (κ2) is 9.63. The molecule has 0 amide bonds. The Morgan fingerprint density at radius 1 is 1.10 bits per heavy atom. The lowest BCUT2D eigenvalue weighted by molar-refractivity contribution is -0.162. The topological polar surface area (TPSA) is 146 Å². The van der Waals surface area contributed by atoms with Gasteiger partial charge in [0.2, 0.25) is 0 Å². The van der Waals surface area contributed by atoms with Gasteiger partial charge >= 0.3 is 6.18 Å². The van der Waals surface area contributed by atoms with E-state index in [-0.39, 0.29) is 40.2 Å². The van der Waals surface area contributed by atoms with Gasteiger partial charge in [0.05, 0.1) is 40.3 Å². The fourth-order valence-electron chi connectivity index (χ4n) is 4.09. The van der Waals surface area contributed by atoms with E-state index < -0.39 is 27.6 Å². The molecule has 1 saturated carbocycles. The number of anilines is 1. The van der Waals surface area contributed by atoms with E-state index in [4.69, 9.17) is 0 Å². The zero-order chi connectivity index (χ0) is 28.1. The Morgan fingerprint density at radius 3 is 2.46 bits per heavy atom. The second-order valence-electron chi connectivity index (χ2n) is 9.36. The summed E-state index contributed by atoms with van der Waals surface area (Å²) in [6.07, 6.45) is 1.99. The van der Waals surface area contributed by atoms with E-state index in [1.54, 1.807) is 6.92 Å². The third-order valence-corrected chi connectivity index (χ3v) is 7.51. The molecule has 0 unspecified atom stereocenters. The fourth-order valence-corrected chi connectivity index (χ4v) is 4.65. The number of sulfone groups is 1. The van der Waals surface area contributed by atoms with Gasteiger partial charge in [0.1, 0.15) is 17.9 Å². The molecule has 0 aliphatic heterocycles. The molecule has 204 valence electrons. The van der Waals surface area contributed by atoms with Crippen molar-refractivity contribution < 1.29 is 21.6 Å². The van der Waals surface area contributed by atoms with Gasteiger partial charge in [-0.05, 0) is 38.8 Å². The number of nitrogens with one attached hydrogen (secondary N) is 1. The zero-order valence-electron chi connectivity index (χ0n) is 21.1. The lowest BCUT2D eigenvalue weighted by atomic mass is 10.1. The summed E-state index contributed by atoms with van der Waals surface area (Å²) in [4.78, 5) is 38.9. The smallest absolute Gasteiger partial charge is 0.360 e. The van der Waals surface area contributed by atoms with Crippen LogP contribution in [0.15, 0.2) is 40.5 Å². The van der Waals surface area contributed by atoms with Crippen LogP contribution in [-0.2, 0) is 16.4 Å². The number of alkyl halides is 3. The van der Waals surface area contributed by atoms with Gasteiger partial charge in [0.25, 0.3) is 5.56 Å². The second-order valence-corrected chi connectivity index (χ2v) is 11.4. The van der Waals surface area contributed by atoms with Crippen LogP contribution in [0.25, 0.3) is 22.6 Å². The number of hydrogen-bond donors (Lipinski definition) is 1. The maximum Gasteiger partial charge on any atom is 0.409 e. The van der Waals surface area contributed by atoms with Gasteiger partial charge in [-0.15, -0.1) is 0 Å². The minimum Gasteiger partial charge on any atom is -0.360 e. The van der Waals surface area contributed by atoms with Gasteiger partial charge in [0.15, 0.2) is 27.1 Å². The Hall–Kier alpha value is -4.01. The largest absolute Gasteiger partial charge is 0.409 e. The Morgan fingerprint density at radius 2 is 1.85 bits per heavy atom. The summed E-state index contributed by atoms with van der Waals surface area (Å²) in [5.74, 6) is -0.0494. The molecule has 4 aromatic heterocycles. The van der Waals surface area contributed by atoms with Crippen LogP contribution in [0.1, 0.15) is 48.8 Å². The molecular weight excluding hydrogens is 537 g/mol. The SMILES string of the molecule is Cc1ncnc(C2CC2)c1-c1ncc2nc(NCc3ccc(S(C)(=O)=O)cn3)c(=O)n([C@@H](C)C(F)(F)F)c2n1. The Bertz CT molecular complexity index is 1740. The van der Waals surface area contributed by atoms with E-state index in [0.29, 0.717) is 21.5 Å². The monoisotopic (exact) mass is 560 g/mol. The van der Waals surface area contributed by atoms with Crippen molar-refractivity contribution in [2.75, 3.05) is 11.6 Å². The van der Waals surface area contributed by atoms with Crippen molar-refractivity contribution in [3.63, 3.8) is 0 Å². The first-order valence-electron chi connectivity index (χ1n) is 11.9. The Kier molecular flexibility index (Phi) is 6.56. The molecule has 4 heterocycles. The van der Waals surface area contributed by atoms with Crippen molar-refractivity contribution in [3.8, 4) is 11.4 Å². The van der Waals surface area contributed by atoms with Crippen LogP contribution < -0.4 is 10.9 Å². The molecule has 0 bridgehead atoms. The van der Waals surface area contributed by atoms with E-state index in [1.807, 2.05) is 0 Å². The third kappa shape index (κ3) is 5.30. The number of halogens is 3. The first kappa shape index (κ1) is 26.6. The number of aromatic nitrogens is 7. The van der Waals surface area contributed by atoms with Gasteiger partial charge in [-0.2, -0.15) is 13.2 Å². The van der Waals surface area contributed by atoms with Gasteiger partial charge in [-0.1, -0.05) is 0 Å². The van der Waals surface area contributed by atoms with Crippen molar-refractivity contribution in [2.45, 2.75) is 56.3 Å². The molecule has 4 aromatic rings. The number of hydrogen-bond acceptors (Lipinski definition) is 10. The van der Waals surface area contributed by atoms with Crippen LogP contribution in [-0.4, -0.2) is 55.3 Å². The van der Waals surface area contributed by atoms with Crippen molar-refractivity contribution in [1.82, 2.24) is 34.5 Å². The number of pyridine rings is 1. The standard InChI is InChI=1S/C24H23F3N8O3S/c1-12-18(19(14-4-5-14)32-11-31-12)20-30-10-17-22(34-20)35(13(2)24(25,26)27)23(36)21(33-17)29-8-15-6-7-16(9-28-15)39(3,37)38/h6-7,9-11,13-14H,4-5,8H2,1-3H3,(H,29,33)/t13-/m0/s1. The van der Waals surface area contributed by atoms with Crippen LogP contribution in [0.5, 0.6) is 0 Å². The molecular formula is C24H23F3N8O3S. The average Bonchev–Trinajstić information content (AvgIpc) is 3.71.